The van der Waals surface area contributed by atoms with Gasteiger partial charge in [0.25, 0.3) is 5.91 Å². The van der Waals surface area contributed by atoms with Gasteiger partial charge in [-0.3, -0.25) is 9.59 Å². The summed E-state index contributed by atoms with van der Waals surface area (Å²) in [6, 6.07) is 5.13. The first-order chi connectivity index (χ1) is 10.8. The van der Waals surface area contributed by atoms with Crippen LogP contribution in [0.25, 0.3) is 0 Å². The molecule has 0 heterocycles. The number of benzene rings is 1. The molecule has 0 aliphatic rings. The lowest BCUT2D eigenvalue weighted by Gasteiger charge is -2.17. The number of ether oxygens (including phenoxy) is 1. The molecule has 0 aromatic heterocycles. The number of amides is 3. The summed E-state index contributed by atoms with van der Waals surface area (Å²) in [5.41, 5.74) is 5.77. The summed E-state index contributed by atoms with van der Waals surface area (Å²) in [6.45, 7) is 3.22. The molecule has 0 saturated carbocycles. The number of nitrogens with two attached hydrogens (primary N) is 1. The number of nitrogens with one attached hydrogen (secondary N) is 2. The smallest absolute Gasteiger partial charge is 0.312 e. The normalized spacial score (nSPS) is 11.7. The average molecular weight is 342 g/mol. The van der Waals surface area contributed by atoms with Crippen LogP contribution < -0.4 is 16.4 Å². The molecular weight excluding hydrogens is 322 g/mol. The molecule has 0 unspecified atom stereocenters. The Morgan fingerprint density at radius 3 is 2.30 bits per heavy atom. The van der Waals surface area contributed by atoms with Crippen LogP contribution >= 0.6 is 11.6 Å². The predicted octanol–water partition coefficient (Wildman–Crippen LogP) is 1.51. The number of esters is 1. The number of primary amides is 1. The molecule has 0 radical (unpaired) electrons. The number of carbonyl (C=O) groups excluding carboxylic acids is 3. The minimum absolute atomic E-state index is 0.0421. The van der Waals surface area contributed by atoms with Crippen molar-refractivity contribution in [2.45, 2.75) is 32.4 Å². The van der Waals surface area contributed by atoms with E-state index >= 15 is 0 Å². The monoisotopic (exact) mass is 341 g/mol. The van der Waals surface area contributed by atoms with E-state index in [4.69, 9.17) is 22.1 Å². The highest BCUT2D eigenvalue weighted by Crippen LogP contribution is 2.19. The summed E-state index contributed by atoms with van der Waals surface area (Å²) in [5, 5.41) is 5.59. The first kappa shape index (κ1) is 18.8. The SMILES string of the molecule is CC(C)NC(=O)COC(=O)C[C@H](NC(N)=O)c1ccc(Cl)cc1. The van der Waals surface area contributed by atoms with Crippen molar-refractivity contribution in [1.82, 2.24) is 10.6 Å². The van der Waals surface area contributed by atoms with Crippen LogP contribution in [0.15, 0.2) is 24.3 Å². The maximum absolute atomic E-state index is 11.8. The van der Waals surface area contributed by atoms with Crippen LogP contribution in [-0.4, -0.2) is 30.6 Å². The molecule has 23 heavy (non-hydrogen) atoms. The fraction of sp³-hybridized carbons (Fsp3) is 0.400. The van der Waals surface area contributed by atoms with Crippen LogP contribution in [-0.2, 0) is 14.3 Å². The van der Waals surface area contributed by atoms with E-state index in [0.717, 1.165) is 0 Å². The van der Waals surface area contributed by atoms with Gasteiger partial charge in [-0.05, 0) is 31.5 Å². The van der Waals surface area contributed by atoms with Crippen LogP contribution in [0, 0.1) is 0 Å². The molecule has 0 saturated heterocycles. The highest BCUT2D eigenvalue weighted by molar-refractivity contribution is 6.30. The van der Waals surface area contributed by atoms with E-state index in [1.165, 1.54) is 0 Å². The van der Waals surface area contributed by atoms with Crippen molar-refractivity contribution in [1.29, 1.82) is 0 Å². The summed E-state index contributed by atoms with van der Waals surface area (Å²) >= 11 is 5.81. The summed E-state index contributed by atoms with van der Waals surface area (Å²) in [5.74, 6) is -1.02. The van der Waals surface area contributed by atoms with Gasteiger partial charge in [-0.2, -0.15) is 0 Å². The first-order valence-corrected chi connectivity index (χ1v) is 7.42. The Hall–Kier alpha value is -2.28. The molecular formula is C15H20ClN3O4. The molecule has 7 nitrogen and oxygen atoms in total. The largest absolute Gasteiger partial charge is 0.456 e. The minimum Gasteiger partial charge on any atom is -0.456 e. The molecule has 8 heteroatoms. The lowest BCUT2D eigenvalue weighted by atomic mass is 10.0. The van der Waals surface area contributed by atoms with Crippen molar-refractivity contribution >= 4 is 29.5 Å². The van der Waals surface area contributed by atoms with Gasteiger partial charge in [0.05, 0.1) is 12.5 Å². The van der Waals surface area contributed by atoms with E-state index in [1.807, 2.05) is 0 Å². The number of urea groups is 1. The summed E-state index contributed by atoms with van der Waals surface area (Å²) in [7, 11) is 0. The van der Waals surface area contributed by atoms with Crippen molar-refractivity contribution < 1.29 is 19.1 Å². The molecule has 1 rings (SSSR count). The second kappa shape index (κ2) is 8.99. The molecule has 0 aliphatic heterocycles. The summed E-state index contributed by atoms with van der Waals surface area (Å²) < 4.78 is 4.89. The third kappa shape index (κ3) is 7.51. The molecule has 1 aromatic rings. The fourth-order valence-electron chi connectivity index (χ4n) is 1.85. The Balaban J connectivity index is 2.63. The quantitative estimate of drug-likeness (QED) is 0.653. The zero-order valence-electron chi connectivity index (χ0n) is 13.0. The Bertz CT molecular complexity index is 560. The zero-order valence-corrected chi connectivity index (χ0v) is 13.7. The number of rotatable bonds is 7. The summed E-state index contributed by atoms with van der Waals surface area (Å²) in [6.07, 6.45) is -0.153. The van der Waals surface area contributed by atoms with Gasteiger partial charge in [-0.15, -0.1) is 0 Å². The van der Waals surface area contributed by atoms with E-state index in [2.05, 4.69) is 10.6 Å². The molecule has 3 amide bonds. The maximum Gasteiger partial charge on any atom is 0.312 e. The lowest BCUT2D eigenvalue weighted by molar-refractivity contribution is -0.149. The summed E-state index contributed by atoms with van der Waals surface area (Å²) in [4.78, 5) is 34.4. The highest BCUT2D eigenvalue weighted by atomic mass is 35.5. The Kier molecular flexibility index (Phi) is 7.34. The Morgan fingerprint density at radius 2 is 1.78 bits per heavy atom. The van der Waals surface area contributed by atoms with Crippen LogP contribution in [0.1, 0.15) is 31.9 Å². The van der Waals surface area contributed by atoms with Crippen LogP contribution in [0.3, 0.4) is 0 Å². The molecule has 126 valence electrons. The lowest BCUT2D eigenvalue weighted by Crippen LogP contribution is -2.36. The predicted molar refractivity (Wildman–Crippen MR) is 85.8 cm³/mol. The molecule has 0 fully saturated rings. The van der Waals surface area contributed by atoms with Gasteiger partial charge in [0.2, 0.25) is 0 Å². The van der Waals surface area contributed by atoms with Crippen LogP contribution in [0.2, 0.25) is 5.02 Å². The average Bonchev–Trinajstić information content (AvgIpc) is 2.44. The van der Waals surface area contributed by atoms with E-state index in [-0.39, 0.29) is 25.0 Å². The molecule has 0 aliphatic carbocycles. The second-order valence-electron chi connectivity index (χ2n) is 5.20. The third-order valence-corrected chi connectivity index (χ3v) is 3.03. The van der Waals surface area contributed by atoms with E-state index in [1.54, 1.807) is 38.1 Å². The molecule has 4 N–H and O–H groups in total. The number of carbonyl (C=O) groups is 3. The van der Waals surface area contributed by atoms with E-state index in [0.29, 0.717) is 10.6 Å². The van der Waals surface area contributed by atoms with Gasteiger partial charge in [-0.25, -0.2) is 4.79 Å². The van der Waals surface area contributed by atoms with Crippen LogP contribution in [0.4, 0.5) is 4.79 Å². The van der Waals surface area contributed by atoms with Crippen molar-refractivity contribution in [3.8, 4) is 0 Å². The topological polar surface area (TPSA) is 111 Å². The van der Waals surface area contributed by atoms with Gasteiger partial charge >= 0.3 is 12.0 Å². The third-order valence-electron chi connectivity index (χ3n) is 2.77. The van der Waals surface area contributed by atoms with E-state index < -0.39 is 18.0 Å². The van der Waals surface area contributed by atoms with Gasteiger partial charge in [0.15, 0.2) is 6.61 Å². The second-order valence-corrected chi connectivity index (χ2v) is 5.64. The van der Waals surface area contributed by atoms with E-state index in [9.17, 15) is 14.4 Å². The first-order valence-electron chi connectivity index (χ1n) is 7.04. The van der Waals surface area contributed by atoms with Crippen molar-refractivity contribution in [3.63, 3.8) is 0 Å². The van der Waals surface area contributed by atoms with Gasteiger partial charge < -0.3 is 21.1 Å². The molecule has 1 atom stereocenters. The Labute approximate surface area is 139 Å². The van der Waals surface area contributed by atoms with Gasteiger partial charge in [0.1, 0.15) is 0 Å². The van der Waals surface area contributed by atoms with Crippen molar-refractivity contribution in [2.24, 2.45) is 5.73 Å². The van der Waals surface area contributed by atoms with Crippen LogP contribution in [0.5, 0.6) is 0 Å². The molecule has 1 aromatic carbocycles. The molecule has 0 bridgehead atoms. The number of hydrogen-bond donors (Lipinski definition) is 3. The fourth-order valence-corrected chi connectivity index (χ4v) is 1.98. The highest BCUT2D eigenvalue weighted by Gasteiger charge is 2.19. The Morgan fingerprint density at radius 1 is 1.17 bits per heavy atom. The maximum atomic E-state index is 11.8. The van der Waals surface area contributed by atoms with Crippen molar-refractivity contribution in [2.75, 3.05) is 6.61 Å². The van der Waals surface area contributed by atoms with Gasteiger partial charge in [-0.1, -0.05) is 23.7 Å². The molecule has 0 spiro atoms. The number of hydrogen-bond acceptors (Lipinski definition) is 4. The standard InChI is InChI=1S/C15H20ClN3O4/c1-9(2)18-13(20)8-23-14(21)7-12(19-15(17)22)10-3-5-11(16)6-4-10/h3-6,9,12H,7-8H2,1-2H3,(H,18,20)(H3,17,19,22)/t12-/m0/s1. The van der Waals surface area contributed by atoms with Crippen molar-refractivity contribution in [3.05, 3.63) is 34.9 Å². The van der Waals surface area contributed by atoms with Gasteiger partial charge in [0, 0.05) is 11.1 Å². The zero-order chi connectivity index (χ0) is 17.4. The minimum atomic E-state index is -0.768. The number of halogens is 1.